The lowest BCUT2D eigenvalue weighted by Gasteiger charge is -2.40. The first-order valence-corrected chi connectivity index (χ1v) is 7.04. The Hall–Kier alpha value is -0.160. The molecule has 0 aromatic carbocycles. The fourth-order valence-corrected chi connectivity index (χ4v) is 3.06. The molecule has 0 saturated carbocycles. The molecule has 0 radical (unpaired) electrons. The van der Waals surface area contributed by atoms with Gasteiger partial charge in [0.15, 0.2) is 0 Å². The monoisotopic (exact) mass is 241 g/mol. The van der Waals surface area contributed by atoms with E-state index in [1.54, 1.807) is 0 Å². The number of likely N-dealkylation sites (N-methyl/N-ethyl adjacent to an activating group) is 1. The van der Waals surface area contributed by atoms with Crippen LogP contribution in [-0.2, 0) is 4.74 Å². The predicted molar refractivity (Wildman–Crippen MR) is 70.1 cm³/mol. The van der Waals surface area contributed by atoms with Gasteiger partial charge in [0.2, 0.25) is 0 Å². The van der Waals surface area contributed by atoms with Crippen LogP contribution in [0.5, 0.6) is 0 Å². The molecule has 2 aliphatic heterocycles. The number of rotatable bonds is 4. The third-order valence-corrected chi connectivity index (χ3v) is 4.03. The summed E-state index contributed by atoms with van der Waals surface area (Å²) < 4.78 is 5.86. The van der Waals surface area contributed by atoms with Crippen LogP contribution >= 0.6 is 0 Å². The van der Waals surface area contributed by atoms with Gasteiger partial charge in [0, 0.05) is 25.7 Å². The molecule has 0 bridgehead atoms. The van der Waals surface area contributed by atoms with Gasteiger partial charge >= 0.3 is 0 Å². The van der Waals surface area contributed by atoms with E-state index in [2.05, 4.69) is 16.8 Å². The van der Waals surface area contributed by atoms with E-state index in [-0.39, 0.29) is 0 Å². The summed E-state index contributed by atoms with van der Waals surface area (Å²) in [4.78, 5) is 4.98. The van der Waals surface area contributed by atoms with Gasteiger partial charge in [-0.2, -0.15) is 0 Å². The molecule has 17 heavy (non-hydrogen) atoms. The van der Waals surface area contributed by atoms with Crippen LogP contribution in [0.25, 0.3) is 0 Å². The minimum Gasteiger partial charge on any atom is -0.374 e. The van der Waals surface area contributed by atoms with Crippen LogP contribution in [0.1, 0.15) is 25.7 Å². The lowest BCUT2D eigenvalue weighted by Crippen LogP contribution is -2.50. The molecule has 0 aliphatic carbocycles. The summed E-state index contributed by atoms with van der Waals surface area (Å²) in [6.45, 7) is 6.17. The van der Waals surface area contributed by atoms with Gasteiger partial charge in [-0.1, -0.05) is 6.42 Å². The molecule has 0 aromatic heterocycles. The summed E-state index contributed by atoms with van der Waals surface area (Å²) in [7, 11) is 2.18. The summed E-state index contributed by atoms with van der Waals surface area (Å²) >= 11 is 0. The maximum absolute atomic E-state index is 5.86. The molecule has 2 N–H and O–H groups in total. The molecule has 2 atom stereocenters. The number of likely N-dealkylation sites (tertiary alicyclic amines) is 1. The van der Waals surface area contributed by atoms with Crippen molar-refractivity contribution in [3.8, 4) is 0 Å². The molecule has 0 spiro atoms. The second-order valence-corrected chi connectivity index (χ2v) is 5.48. The van der Waals surface area contributed by atoms with Crippen LogP contribution < -0.4 is 5.73 Å². The summed E-state index contributed by atoms with van der Waals surface area (Å²) in [6, 6.07) is 0.699. The van der Waals surface area contributed by atoms with Crippen molar-refractivity contribution in [2.24, 2.45) is 5.73 Å². The maximum atomic E-state index is 5.86. The van der Waals surface area contributed by atoms with Crippen molar-refractivity contribution in [3.63, 3.8) is 0 Å². The van der Waals surface area contributed by atoms with E-state index in [4.69, 9.17) is 10.5 Å². The van der Waals surface area contributed by atoms with Crippen LogP contribution in [0.4, 0.5) is 0 Å². The van der Waals surface area contributed by atoms with E-state index >= 15 is 0 Å². The molecule has 4 nitrogen and oxygen atoms in total. The number of morpholine rings is 1. The minimum absolute atomic E-state index is 0.395. The first-order chi connectivity index (χ1) is 8.29. The molecule has 0 amide bonds. The molecule has 2 unspecified atom stereocenters. The van der Waals surface area contributed by atoms with E-state index in [0.717, 1.165) is 39.2 Å². The van der Waals surface area contributed by atoms with Crippen LogP contribution in [0.3, 0.4) is 0 Å². The third kappa shape index (κ3) is 3.91. The normalized spacial score (nSPS) is 32.8. The zero-order valence-corrected chi connectivity index (χ0v) is 11.1. The second kappa shape index (κ2) is 6.69. The van der Waals surface area contributed by atoms with Gasteiger partial charge in [0.25, 0.3) is 0 Å². The number of nitrogens with zero attached hydrogens (tertiary/aromatic N) is 2. The highest BCUT2D eigenvalue weighted by atomic mass is 16.5. The lowest BCUT2D eigenvalue weighted by molar-refractivity contribution is -0.0456. The van der Waals surface area contributed by atoms with Crippen molar-refractivity contribution in [3.05, 3.63) is 0 Å². The Balaban J connectivity index is 1.82. The van der Waals surface area contributed by atoms with E-state index in [1.807, 2.05) is 0 Å². The third-order valence-electron chi connectivity index (χ3n) is 4.03. The second-order valence-electron chi connectivity index (χ2n) is 5.48. The average Bonchev–Trinajstić information content (AvgIpc) is 2.32. The fourth-order valence-electron chi connectivity index (χ4n) is 3.06. The largest absolute Gasteiger partial charge is 0.374 e. The van der Waals surface area contributed by atoms with Gasteiger partial charge in [-0.3, -0.25) is 4.90 Å². The maximum Gasteiger partial charge on any atom is 0.0829 e. The Morgan fingerprint density at radius 1 is 1.29 bits per heavy atom. The first kappa shape index (κ1) is 13.3. The average molecular weight is 241 g/mol. The molecular formula is C13H27N3O. The smallest absolute Gasteiger partial charge is 0.0829 e. The van der Waals surface area contributed by atoms with Gasteiger partial charge in [-0.05, 0) is 39.4 Å². The Morgan fingerprint density at radius 3 is 2.94 bits per heavy atom. The minimum atomic E-state index is 0.395. The van der Waals surface area contributed by atoms with Crippen molar-refractivity contribution in [2.45, 2.75) is 37.8 Å². The number of nitrogens with two attached hydrogens (primary N) is 1. The Kier molecular flexibility index (Phi) is 5.22. The summed E-state index contributed by atoms with van der Waals surface area (Å²) in [5.74, 6) is 0. The number of hydrogen-bond donors (Lipinski definition) is 1. The Bertz CT molecular complexity index is 223. The van der Waals surface area contributed by atoms with E-state index < -0.39 is 0 Å². The van der Waals surface area contributed by atoms with Gasteiger partial charge < -0.3 is 15.4 Å². The molecule has 2 aliphatic rings. The van der Waals surface area contributed by atoms with E-state index in [9.17, 15) is 0 Å². The Labute approximate surface area is 105 Å². The lowest BCUT2D eigenvalue weighted by atomic mass is 9.99. The zero-order chi connectivity index (χ0) is 12.1. The number of ether oxygens (including phenoxy) is 1. The number of piperidine rings is 1. The van der Waals surface area contributed by atoms with Crippen molar-refractivity contribution >= 4 is 0 Å². The van der Waals surface area contributed by atoms with Crippen molar-refractivity contribution in [1.82, 2.24) is 9.80 Å². The summed E-state index contributed by atoms with van der Waals surface area (Å²) in [5, 5.41) is 0. The Morgan fingerprint density at radius 2 is 2.18 bits per heavy atom. The van der Waals surface area contributed by atoms with Crippen molar-refractivity contribution < 1.29 is 4.74 Å². The van der Waals surface area contributed by atoms with Gasteiger partial charge in [0.1, 0.15) is 0 Å². The van der Waals surface area contributed by atoms with Crippen LogP contribution in [0.2, 0.25) is 0 Å². The van der Waals surface area contributed by atoms with Gasteiger partial charge in [-0.25, -0.2) is 0 Å². The van der Waals surface area contributed by atoms with Gasteiger partial charge in [-0.15, -0.1) is 0 Å². The molecular weight excluding hydrogens is 214 g/mol. The summed E-state index contributed by atoms with van der Waals surface area (Å²) in [5.41, 5.74) is 5.71. The van der Waals surface area contributed by atoms with Crippen LogP contribution in [0, 0.1) is 0 Å². The number of hydrogen-bond acceptors (Lipinski definition) is 4. The molecule has 2 saturated heterocycles. The predicted octanol–water partition coefficient (Wildman–Crippen LogP) is 0.520. The van der Waals surface area contributed by atoms with Crippen LogP contribution in [0.15, 0.2) is 0 Å². The van der Waals surface area contributed by atoms with Crippen LogP contribution in [-0.4, -0.2) is 68.3 Å². The highest BCUT2D eigenvalue weighted by Gasteiger charge is 2.26. The zero-order valence-electron chi connectivity index (χ0n) is 11.1. The topological polar surface area (TPSA) is 41.7 Å². The van der Waals surface area contributed by atoms with Crippen molar-refractivity contribution in [1.29, 1.82) is 0 Å². The molecule has 100 valence electrons. The molecule has 2 rings (SSSR count). The van der Waals surface area contributed by atoms with E-state index in [0.29, 0.717) is 12.1 Å². The quantitative estimate of drug-likeness (QED) is 0.779. The first-order valence-electron chi connectivity index (χ1n) is 7.04. The highest BCUT2D eigenvalue weighted by molar-refractivity contribution is 4.81. The molecule has 4 heteroatoms. The molecule has 2 fully saturated rings. The molecule has 0 aromatic rings. The molecule has 2 heterocycles. The summed E-state index contributed by atoms with van der Waals surface area (Å²) in [6.07, 6.45) is 5.56. The van der Waals surface area contributed by atoms with E-state index in [1.165, 1.54) is 25.8 Å². The SMILES string of the molecule is CN1CCOC(CN2CCCCC2CCN)C1. The van der Waals surface area contributed by atoms with Crippen molar-refractivity contribution in [2.75, 3.05) is 46.4 Å². The standard InChI is InChI=1S/C13H27N3O/c1-15-8-9-17-13(10-15)11-16-7-3-2-4-12(16)5-6-14/h12-13H,2-11,14H2,1H3. The van der Waals surface area contributed by atoms with Gasteiger partial charge in [0.05, 0.1) is 12.7 Å². The highest BCUT2D eigenvalue weighted by Crippen LogP contribution is 2.20. The fraction of sp³-hybridized carbons (Fsp3) is 1.00.